The van der Waals surface area contributed by atoms with E-state index in [9.17, 15) is 4.79 Å². The number of rotatable bonds is 3. The summed E-state index contributed by atoms with van der Waals surface area (Å²) in [5, 5.41) is 0. The van der Waals surface area contributed by atoms with Crippen LogP contribution in [-0.4, -0.2) is 11.4 Å². The lowest BCUT2D eigenvalue weighted by atomic mass is 9.81. The summed E-state index contributed by atoms with van der Waals surface area (Å²) >= 11 is 0. The van der Waals surface area contributed by atoms with Gasteiger partial charge in [0.1, 0.15) is 11.4 Å². The van der Waals surface area contributed by atoms with Crippen LogP contribution in [0.5, 0.6) is 0 Å². The van der Waals surface area contributed by atoms with Gasteiger partial charge >= 0.3 is 0 Å². The highest BCUT2D eigenvalue weighted by atomic mass is 16.5. The fourth-order valence-electron chi connectivity index (χ4n) is 3.07. The summed E-state index contributed by atoms with van der Waals surface area (Å²) in [7, 11) is 0. The van der Waals surface area contributed by atoms with E-state index in [2.05, 4.69) is 33.8 Å². The molecule has 0 aromatic heterocycles. The summed E-state index contributed by atoms with van der Waals surface area (Å²) in [5.74, 6) is 1.75. The number of Topliss-reactive ketones (excluding diaryl/α,β-unsaturated/α-hetero) is 1. The molecule has 2 atom stereocenters. The third-order valence-electron chi connectivity index (χ3n) is 4.24. The Morgan fingerprint density at radius 1 is 1.42 bits per heavy atom. The van der Waals surface area contributed by atoms with Crippen molar-refractivity contribution in [2.45, 2.75) is 71.8 Å². The smallest absolute Gasteiger partial charge is 0.162 e. The number of carbonyl (C=O) groups is 1. The molecule has 2 rings (SSSR count). The summed E-state index contributed by atoms with van der Waals surface area (Å²) in [6.45, 7) is 8.60. The van der Waals surface area contributed by atoms with Gasteiger partial charge in [0.05, 0.1) is 0 Å². The first-order chi connectivity index (χ1) is 8.89. The molecule has 0 bridgehead atoms. The van der Waals surface area contributed by atoms with Crippen molar-refractivity contribution < 1.29 is 9.53 Å². The molecular weight excluding hydrogens is 236 g/mol. The zero-order chi connectivity index (χ0) is 14.0. The fraction of sp³-hybridized carbons (Fsp3) is 0.706. The largest absolute Gasteiger partial charge is 0.491 e. The molecule has 2 nitrogen and oxygen atoms in total. The molecule has 0 aromatic carbocycles. The Morgan fingerprint density at radius 2 is 2.16 bits per heavy atom. The number of allylic oxidation sites excluding steroid dienone is 4. The minimum absolute atomic E-state index is 0.0812. The third kappa shape index (κ3) is 3.49. The second-order valence-corrected chi connectivity index (χ2v) is 6.71. The molecule has 0 saturated heterocycles. The summed E-state index contributed by atoms with van der Waals surface area (Å²) in [6.07, 6.45) is 7.90. The second kappa shape index (κ2) is 5.52. The molecule has 0 spiro atoms. The van der Waals surface area contributed by atoms with Crippen LogP contribution in [0.15, 0.2) is 23.0 Å². The highest BCUT2D eigenvalue weighted by molar-refractivity contribution is 5.96. The van der Waals surface area contributed by atoms with Crippen molar-refractivity contribution in [3.05, 3.63) is 23.0 Å². The summed E-state index contributed by atoms with van der Waals surface area (Å²) in [4.78, 5) is 12.0. The van der Waals surface area contributed by atoms with Crippen molar-refractivity contribution in [1.82, 2.24) is 0 Å². The predicted molar refractivity (Wildman–Crippen MR) is 77.8 cm³/mol. The molecule has 0 radical (unpaired) electrons. The Balaban J connectivity index is 2.05. The van der Waals surface area contributed by atoms with Gasteiger partial charge in [-0.25, -0.2) is 0 Å². The van der Waals surface area contributed by atoms with E-state index < -0.39 is 0 Å². The van der Waals surface area contributed by atoms with Crippen LogP contribution in [0, 0.1) is 5.92 Å². The van der Waals surface area contributed by atoms with E-state index in [1.807, 2.05) is 0 Å². The molecule has 0 N–H and O–H groups in total. The molecule has 0 amide bonds. The lowest BCUT2D eigenvalue weighted by molar-refractivity contribution is -0.119. The van der Waals surface area contributed by atoms with Crippen LogP contribution in [0.4, 0.5) is 0 Å². The first-order valence-corrected chi connectivity index (χ1v) is 7.47. The number of hydrogen-bond acceptors (Lipinski definition) is 2. The molecular formula is C17H26O2. The van der Waals surface area contributed by atoms with Gasteiger partial charge in [0.25, 0.3) is 0 Å². The van der Waals surface area contributed by atoms with E-state index in [4.69, 9.17) is 4.74 Å². The third-order valence-corrected chi connectivity index (χ3v) is 4.24. The topological polar surface area (TPSA) is 26.3 Å². The number of ether oxygens (including phenoxy) is 1. The minimum atomic E-state index is -0.0812. The van der Waals surface area contributed by atoms with E-state index in [-0.39, 0.29) is 5.60 Å². The molecule has 1 aliphatic heterocycles. The Morgan fingerprint density at radius 3 is 2.84 bits per heavy atom. The normalized spacial score (nSPS) is 30.7. The highest BCUT2D eigenvalue weighted by Gasteiger charge is 2.37. The van der Waals surface area contributed by atoms with Crippen molar-refractivity contribution in [1.29, 1.82) is 0 Å². The standard InChI is InChI=1S/C17H26O2/c1-12(2)6-5-8-17(4)9-7-14-15(18)10-13(3)11-16(14)19-17/h6,13H,5,7-11H2,1-4H3. The zero-order valence-corrected chi connectivity index (χ0v) is 12.7. The highest BCUT2D eigenvalue weighted by Crippen LogP contribution is 2.41. The maximum atomic E-state index is 12.0. The fourth-order valence-corrected chi connectivity index (χ4v) is 3.07. The van der Waals surface area contributed by atoms with E-state index >= 15 is 0 Å². The van der Waals surface area contributed by atoms with Gasteiger partial charge in [0, 0.05) is 18.4 Å². The van der Waals surface area contributed by atoms with Gasteiger partial charge in [-0.3, -0.25) is 4.79 Å². The lowest BCUT2D eigenvalue weighted by Gasteiger charge is -2.39. The monoisotopic (exact) mass is 262 g/mol. The van der Waals surface area contributed by atoms with Crippen molar-refractivity contribution in [2.24, 2.45) is 5.92 Å². The van der Waals surface area contributed by atoms with E-state index in [1.165, 1.54) is 5.57 Å². The molecule has 1 heterocycles. The predicted octanol–water partition coefficient (Wildman–Crippen LogP) is 4.56. The molecule has 0 saturated carbocycles. The van der Waals surface area contributed by atoms with Crippen LogP contribution in [0.2, 0.25) is 0 Å². The lowest BCUT2D eigenvalue weighted by Crippen LogP contribution is -2.35. The summed E-state index contributed by atoms with van der Waals surface area (Å²) in [5.41, 5.74) is 2.26. The number of ketones is 1. The van der Waals surface area contributed by atoms with Gasteiger partial charge < -0.3 is 4.74 Å². The van der Waals surface area contributed by atoms with Crippen molar-refractivity contribution in [3.8, 4) is 0 Å². The van der Waals surface area contributed by atoms with E-state index in [0.29, 0.717) is 18.1 Å². The van der Waals surface area contributed by atoms with Gasteiger partial charge in [0.2, 0.25) is 0 Å². The van der Waals surface area contributed by atoms with E-state index in [1.54, 1.807) is 0 Å². The zero-order valence-electron chi connectivity index (χ0n) is 12.7. The van der Waals surface area contributed by atoms with Crippen LogP contribution >= 0.6 is 0 Å². The minimum Gasteiger partial charge on any atom is -0.491 e. The van der Waals surface area contributed by atoms with Crippen LogP contribution in [0.25, 0.3) is 0 Å². The first kappa shape index (κ1) is 14.4. The van der Waals surface area contributed by atoms with Crippen molar-refractivity contribution in [2.75, 3.05) is 0 Å². The number of hydrogen-bond donors (Lipinski definition) is 0. The van der Waals surface area contributed by atoms with Crippen LogP contribution in [0.1, 0.15) is 66.2 Å². The van der Waals surface area contributed by atoms with Gasteiger partial charge in [-0.1, -0.05) is 18.6 Å². The second-order valence-electron chi connectivity index (χ2n) is 6.71. The quantitative estimate of drug-likeness (QED) is 0.697. The molecule has 2 unspecified atom stereocenters. The number of carbonyl (C=O) groups excluding carboxylic acids is 1. The Hall–Kier alpha value is -1.05. The van der Waals surface area contributed by atoms with Crippen LogP contribution < -0.4 is 0 Å². The van der Waals surface area contributed by atoms with Crippen LogP contribution in [0.3, 0.4) is 0 Å². The van der Waals surface area contributed by atoms with Crippen molar-refractivity contribution in [3.63, 3.8) is 0 Å². The van der Waals surface area contributed by atoms with Gasteiger partial charge in [-0.15, -0.1) is 0 Å². The maximum Gasteiger partial charge on any atom is 0.162 e. The molecule has 2 aliphatic rings. The molecule has 1 aliphatic carbocycles. The summed E-state index contributed by atoms with van der Waals surface area (Å²) in [6, 6.07) is 0. The SMILES string of the molecule is CC(C)=CCCC1(C)CCC2=C(CC(C)CC2=O)O1. The maximum absolute atomic E-state index is 12.0. The molecule has 0 fully saturated rings. The Bertz CT molecular complexity index is 427. The average Bonchev–Trinajstić information content (AvgIpc) is 2.26. The van der Waals surface area contributed by atoms with Gasteiger partial charge in [0.15, 0.2) is 5.78 Å². The summed E-state index contributed by atoms with van der Waals surface area (Å²) < 4.78 is 6.23. The average molecular weight is 262 g/mol. The molecule has 19 heavy (non-hydrogen) atoms. The van der Waals surface area contributed by atoms with Gasteiger partial charge in [-0.2, -0.15) is 0 Å². The van der Waals surface area contributed by atoms with Crippen molar-refractivity contribution >= 4 is 5.78 Å². The van der Waals surface area contributed by atoms with E-state index in [0.717, 1.165) is 43.4 Å². The van der Waals surface area contributed by atoms with Gasteiger partial charge in [-0.05, 0) is 52.4 Å². The Labute approximate surface area is 116 Å². The molecule has 0 aromatic rings. The Kier molecular flexibility index (Phi) is 4.17. The van der Waals surface area contributed by atoms with Crippen LogP contribution in [-0.2, 0) is 9.53 Å². The molecule has 2 heteroatoms. The molecule has 106 valence electrons. The first-order valence-electron chi connectivity index (χ1n) is 7.47.